The Morgan fingerprint density at radius 2 is 1.44 bits per heavy atom. The van der Waals surface area contributed by atoms with E-state index in [9.17, 15) is 23.8 Å². The van der Waals surface area contributed by atoms with Crippen molar-refractivity contribution in [3.8, 4) is 11.1 Å². The molecule has 0 spiro atoms. The van der Waals surface area contributed by atoms with Gasteiger partial charge in [-0.15, -0.1) is 4.83 Å². The summed E-state index contributed by atoms with van der Waals surface area (Å²) in [4.78, 5) is 52.2. The first-order valence-corrected chi connectivity index (χ1v) is 11.1. The van der Waals surface area contributed by atoms with Crippen molar-refractivity contribution >= 4 is 31.3 Å². The summed E-state index contributed by atoms with van der Waals surface area (Å²) < 4.78 is 26.5. The van der Waals surface area contributed by atoms with Gasteiger partial charge in [-0.05, 0) is 30.5 Å². The Hall–Kier alpha value is -2.98. The highest BCUT2D eigenvalue weighted by Gasteiger charge is 2.34. The van der Waals surface area contributed by atoms with Gasteiger partial charge in [-0.3, -0.25) is 14.2 Å². The van der Waals surface area contributed by atoms with Crippen molar-refractivity contribution in [2.45, 2.75) is 20.3 Å². The fraction of sp³-hybridized carbons (Fsp3) is 0.350. The SMILES string of the molecule is CCOC(=O)c1c2ccc(CC(=O)N(OC)P(=O)(O)OC)ccc-2c(C(=O)OCC)c1N. The fourth-order valence-corrected chi connectivity index (χ4v) is 3.80. The van der Waals surface area contributed by atoms with E-state index < -0.39 is 25.6 Å². The molecule has 11 nitrogen and oxygen atoms in total. The Kier molecular flexibility index (Phi) is 8.34. The van der Waals surface area contributed by atoms with E-state index in [1.54, 1.807) is 13.8 Å². The zero-order valence-corrected chi connectivity index (χ0v) is 19.0. The normalized spacial score (nSPS) is 12.8. The van der Waals surface area contributed by atoms with Crippen molar-refractivity contribution in [3.05, 3.63) is 41.0 Å². The van der Waals surface area contributed by atoms with Crippen molar-refractivity contribution in [1.29, 1.82) is 0 Å². The van der Waals surface area contributed by atoms with Gasteiger partial charge in [0.05, 0.1) is 43.6 Å². The molecule has 0 aromatic rings. The number of hydrogen-bond acceptors (Lipinski definition) is 9. The zero-order valence-electron chi connectivity index (χ0n) is 18.1. The van der Waals surface area contributed by atoms with Gasteiger partial charge in [0.1, 0.15) is 0 Å². The third kappa shape index (κ3) is 5.08. The van der Waals surface area contributed by atoms with Gasteiger partial charge in [-0.1, -0.05) is 24.3 Å². The zero-order chi connectivity index (χ0) is 24.1. The summed E-state index contributed by atoms with van der Waals surface area (Å²) >= 11 is 0. The molecule has 0 bridgehead atoms. The summed E-state index contributed by atoms with van der Waals surface area (Å²) in [5.74, 6) is -2.26. The number of nitrogens with two attached hydrogens (primary N) is 1. The van der Waals surface area contributed by atoms with Crippen LogP contribution in [0.1, 0.15) is 40.1 Å². The summed E-state index contributed by atoms with van der Waals surface area (Å²) in [5, 5.41) is 0. The van der Waals surface area contributed by atoms with Crippen LogP contribution in [0.5, 0.6) is 0 Å². The summed E-state index contributed by atoms with van der Waals surface area (Å²) in [5.41, 5.74) is 7.12. The molecule has 0 saturated heterocycles. The van der Waals surface area contributed by atoms with Gasteiger partial charge in [0, 0.05) is 7.11 Å². The van der Waals surface area contributed by atoms with E-state index in [-0.39, 0.29) is 41.3 Å². The maximum absolute atomic E-state index is 12.5. The quantitative estimate of drug-likeness (QED) is 0.318. The number of carbonyl (C=O) groups is 3. The van der Waals surface area contributed by atoms with Crippen LogP contribution in [0.15, 0.2) is 24.3 Å². The van der Waals surface area contributed by atoms with Crippen LogP contribution in [0.2, 0.25) is 0 Å². The molecule has 2 aliphatic rings. The van der Waals surface area contributed by atoms with Crippen LogP contribution in [0.4, 0.5) is 5.69 Å². The Morgan fingerprint density at radius 1 is 0.969 bits per heavy atom. The van der Waals surface area contributed by atoms with Crippen molar-refractivity contribution in [3.63, 3.8) is 0 Å². The molecule has 0 fully saturated rings. The first kappa shape index (κ1) is 25.3. The number of rotatable bonds is 9. The van der Waals surface area contributed by atoms with Gasteiger partial charge in [-0.2, -0.15) is 0 Å². The third-order valence-corrected chi connectivity index (χ3v) is 5.78. The molecule has 1 atom stereocenters. The van der Waals surface area contributed by atoms with Gasteiger partial charge in [0.15, 0.2) is 0 Å². The lowest BCUT2D eigenvalue weighted by molar-refractivity contribution is -0.156. The second-order valence-corrected chi connectivity index (χ2v) is 8.08. The maximum atomic E-state index is 12.5. The maximum Gasteiger partial charge on any atom is 0.458 e. The predicted octanol–water partition coefficient (Wildman–Crippen LogP) is 2.41. The monoisotopic (exact) mass is 468 g/mol. The molecular formula is C20H25N2O9P. The molecule has 12 heteroatoms. The number of nitrogens with zero attached hydrogens (tertiary/aromatic N) is 1. The number of amides is 1. The van der Waals surface area contributed by atoms with E-state index in [0.717, 1.165) is 14.2 Å². The highest BCUT2D eigenvalue weighted by Crippen LogP contribution is 2.45. The van der Waals surface area contributed by atoms with Gasteiger partial charge in [0.2, 0.25) is 0 Å². The third-order valence-electron chi connectivity index (χ3n) is 4.46. The largest absolute Gasteiger partial charge is 0.462 e. The van der Waals surface area contributed by atoms with Crippen molar-refractivity contribution in [2.24, 2.45) is 0 Å². The van der Waals surface area contributed by atoms with E-state index in [1.807, 2.05) is 0 Å². The number of ether oxygens (including phenoxy) is 2. The minimum absolute atomic E-state index is 0.0103. The molecule has 0 aromatic heterocycles. The molecule has 0 saturated carbocycles. The molecule has 0 radical (unpaired) electrons. The summed E-state index contributed by atoms with van der Waals surface area (Å²) in [6, 6.07) is 6.05. The molecule has 1 unspecified atom stereocenters. The van der Waals surface area contributed by atoms with Crippen molar-refractivity contribution in [1.82, 2.24) is 4.83 Å². The van der Waals surface area contributed by atoms with Gasteiger partial charge in [0.25, 0.3) is 5.91 Å². The second-order valence-electron chi connectivity index (χ2n) is 6.37. The highest BCUT2D eigenvalue weighted by atomic mass is 31.2. The summed E-state index contributed by atoms with van der Waals surface area (Å²) in [6.07, 6.45) is -0.335. The lowest BCUT2D eigenvalue weighted by Crippen LogP contribution is -2.28. The van der Waals surface area contributed by atoms with E-state index in [2.05, 4.69) is 4.52 Å². The van der Waals surface area contributed by atoms with Crippen LogP contribution in [0, 0.1) is 0 Å². The van der Waals surface area contributed by atoms with Crippen molar-refractivity contribution in [2.75, 3.05) is 33.2 Å². The molecule has 0 aromatic carbocycles. The average molecular weight is 468 g/mol. The Balaban J connectivity index is 2.57. The number of anilines is 1. The van der Waals surface area contributed by atoms with Crippen LogP contribution in [-0.2, 0) is 34.6 Å². The highest BCUT2D eigenvalue weighted by molar-refractivity contribution is 7.50. The lowest BCUT2D eigenvalue weighted by Gasteiger charge is -2.22. The summed E-state index contributed by atoms with van der Waals surface area (Å²) in [6.45, 7) is 3.48. The molecular weight excluding hydrogens is 443 g/mol. The molecule has 0 heterocycles. The Morgan fingerprint density at radius 3 is 1.81 bits per heavy atom. The van der Waals surface area contributed by atoms with Gasteiger partial charge < -0.3 is 20.1 Å². The van der Waals surface area contributed by atoms with E-state index in [1.165, 1.54) is 24.3 Å². The summed E-state index contributed by atoms with van der Waals surface area (Å²) in [7, 11) is -2.45. The first-order valence-electron chi connectivity index (χ1n) is 9.57. The number of fused-ring (bicyclic) bond motifs is 1. The first-order chi connectivity index (χ1) is 15.1. The van der Waals surface area contributed by atoms with Crippen LogP contribution < -0.4 is 5.73 Å². The molecule has 32 heavy (non-hydrogen) atoms. The molecule has 2 aliphatic carbocycles. The number of hydroxylamine groups is 1. The topological polar surface area (TPSA) is 155 Å². The number of esters is 2. The number of hydrogen-bond donors (Lipinski definition) is 2. The molecule has 1 amide bonds. The van der Waals surface area contributed by atoms with Crippen LogP contribution in [0.25, 0.3) is 11.1 Å². The second kappa shape index (κ2) is 10.6. The average Bonchev–Trinajstić information content (AvgIpc) is 2.87. The molecule has 0 aliphatic heterocycles. The standard InChI is InChI=1S/C20H25N2O9P/c1-5-30-19(24)16-13-9-7-12(11-15(23)22(28-3)32(26,27)29-4)8-10-14(13)17(18(16)21)20(25)31-6-2/h7-10H,5-6,11,21H2,1-4H3,(H,26,27). The van der Waals surface area contributed by atoms with E-state index in [0.29, 0.717) is 16.7 Å². The molecule has 2 rings (SSSR count). The van der Waals surface area contributed by atoms with E-state index >= 15 is 0 Å². The molecule has 3 N–H and O–H groups in total. The molecule has 174 valence electrons. The van der Waals surface area contributed by atoms with E-state index in [4.69, 9.17) is 20.0 Å². The predicted molar refractivity (Wildman–Crippen MR) is 114 cm³/mol. The lowest BCUT2D eigenvalue weighted by atomic mass is 10.1. The van der Waals surface area contributed by atoms with Crippen LogP contribution in [0.3, 0.4) is 0 Å². The number of nitrogen functional groups attached to an aromatic ring is 1. The smallest absolute Gasteiger partial charge is 0.458 e. The minimum Gasteiger partial charge on any atom is -0.462 e. The van der Waals surface area contributed by atoms with Crippen molar-refractivity contribution < 1.29 is 42.7 Å². The van der Waals surface area contributed by atoms with Crippen LogP contribution >= 0.6 is 7.75 Å². The Labute approximate surface area is 184 Å². The Bertz CT molecular complexity index is 984. The fourth-order valence-electron chi connectivity index (χ4n) is 3.09. The van der Waals surface area contributed by atoms with Crippen LogP contribution in [-0.4, -0.2) is 55.0 Å². The minimum atomic E-state index is -4.47. The number of carbonyl (C=O) groups excluding carboxylic acids is 3. The van der Waals surface area contributed by atoms with Gasteiger partial charge in [-0.25, -0.2) is 14.2 Å². The van der Waals surface area contributed by atoms with Gasteiger partial charge >= 0.3 is 19.7 Å².